The van der Waals surface area contributed by atoms with E-state index in [-0.39, 0.29) is 24.0 Å². The number of hydrogen-bond acceptors (Lipinski definition) is 2. The highest BCUT2D eigenvalue weighted by atomic mass is 16.2. The van der Waals surface area contributed by atoms with Gasteiger partial charge in [0.15, 0.2) is 0 Å². The van der Waals surface area contributed by atoms with Crippen molar-refractivity contribution in [1.29, 1.82) is 0 Å². The number of hydrogen-bond donors (Lipinski definition) is 1. The van der Waals surface area contributed by atoms with Gasteiger partial charge in [0.2, 0.25) is 0 Å². The third kappa shape index (κ3) is 1.20. The minimum atomic E-state index is -0.330. The predicted molar refractivity (Wildman–Crippen MR) is 47.0 cm³/mol. The molecule has 1 atom stereocenters. The Bertz CT molecular complexity index is 258. The highest BCUT2D eigenvalue weighted by molar-refractivity contribution is 6.04. The van der Waals surface area contributed by atoms with Gasteiger partial charge >= 0.3 is 6.03 Å². The third-order valence-corrected chi connectivity index (χ3v) is 2.88. The molecule has 4 heteroatoms. The van der Waals surface area contributed by atoms with Gasteiger partial charge in [0.1, 0.15) is 6.04 Å². The maximum absolute atomic E-state index is 11.5. The lowest BCUT2D eigenvalue weighted by atomic mass is 9.81. The highest BCUT2D eigenvalue weighted by Gasteiger charge is 2.43. The van der Waals surface area contributed by atoms with E-state index in [0.29, 0.717) is 5.92 Å². The number of rotatable bonds is 1. The van der Waals surface area contributed by atoms with Crippen LogP contribution in [0.3, 0.4) is 0 Å². The van der Waals surface area contributed by atoms with Gasteiger partial charge in [0.05, 0.1) is 0 Å². The van der Waals surface area contributed by atoms with E-state index in [1.807, 2.05) is 0 Å². The van der Waals surface area contributed by atoms with Crippen molar-refractivity contribution in [2.45, 2.75) is 38.8 Å². The summed E-state index contributed by atoms with van der Waals surface area (Å²) in [7, 11) is 0. The molecule has 0 aromatic rings. The average Bonchev–Trinajstić information content (AvgIpc) is 2.22. The molecule has 2 aliphatic rings. The zero-order valence-electron chi connectivity index (χ0n) is 7.91. The van der Waals surface area contributed by atoms with Crippen LogP contribution in [-0.2, 0) is 4.79 Å². The van der Waals surface area contributed by atoms with Crippen LogP contribution in [0.15, 0.2) is 0 Å². The number of imide groups is 1. The standard InChI is InChI=1S/C9H14N2O2/c1-5-3-7(4-5)11-8(12)6(2)10-9(11)13/h5-7H,3-4H2,1-2H3,(H,10,13)/t5?,6-,7?/m0/s1. The van der Waals surface area contributed by atoms with Gasteiger partial charge < -0.3 is 5.32 Å². The van der Waals surface area contributed by atoms with Crippen molar-refractivity contribution in [3.05, 3.63) is 0 Å². The van der Waals surface area contributed by atoms with E-state index in [1.54, 1.807) is 6.92 Å². The molecule has 0 aromatic heterocycles. The molecule has 0 radical (unpaired) electrons. The van der Waals surface area contributed by atoms with E-state index >= 15 is 0 Å². The molecule has 1 aliphatic heterocycles. The number of amides is 3. The van der Waals surface area contributed by atoms with Gasteiger partial charge in [-0.3, -0.25) is 9.69 Å². The Hall–Kier alpha value is -1.06. The van der Waals surface area contributed by atoms with Crippen LogP contribution in [0, 0.1) is 5.92 Å². The zero-order valence-corrected chi connectivity index (χ0v) is 7.91. The first-order valence-electron chi connectivity index (χ1n) is 4.73. The molecule has 0 spiro atoms. The van der Waals surface area contributed by atoms with Crippen molar-refractivity contribution in [3.8, 4) is 0 Å². The lowest BCUT2D eigenvalue weighted by Gasteiger charge is -2.37. The van der Waals surface area contributed by atoms with Crippen molar-refractivity contribution in [3.63, 3.8) is 0 Å². The molecule has 2 fully saturated rings. The quantitative estimate of drug-likeness (QED) is 0.607. The van der Waals surface area contributed by atoms with Crippen molar-refractivity contribution in [1.82, 2.24) is 10.2 Å². The van der Waals surface area contributed by atoms with Crippen LogP contribution in [0.1, 0.15) is 26.7 Å². The number of nitrogens with zero attached hydrogens (tertiary/aromatic N) is 1. The molecule has 1 saturated carbocycles. The number of urea groups is 1. The molecule has 1 heterocycles. The molecule has 3 amide bonds. The fraction of sp³-hybridized carbons (Fsp3) is 0.778. The first kappa shape index (κ1) is 8.53. The van der Waals surface area contributed by atoms with E-state index in [4.69, 9.17) is 0 Å². The van der Waals surface area contributed by atoms with Gasteiger partial charge in [-0.25, -0.2) is 4.79 Å². The lowest BCUT2D eigenvalue weighted by molar-refractivity contribution is -0.130. The second-order valence-electron chi connectivity index (χ2n) is 4.11. The summed E-state index contributed by atoms with van der Waals surface area (Å²) in [6.45, 7) is 3.86. The number of nitrogens with one attached hydrogen (secondary N) is 1. The summed E-state index contributed by atoms with van der Waals surface area (Å²) < 4.78 is 0. The minimum Gasteiger partial charge on any atom is -0.326 e. The Balaban J connectivity index is 2.06. The second-order valence-corrected chi connectivity index (χ2v) is 4.11. The fourth-order valence-electron chi connectivity index (χ4n) is 2.04. The molecule has 1 N–H and O–H groups in total. The lowest BCUT2D eigenvalue weighted by Crippen LogP contribution is -2.47. The first-order valence-corrected chi connectivity index (χ1v) is 4.73. The van der Waals surface area contributed by atoms with E-state index in [1.165, 1.54) is 4.90 Å². The van der Waals surface area contributed by atoms with Gasteiger partial charge in [-0.05, 0) is 25.7 Å². The molecule has 1 saturated heterocycles. The summed E-state index contributed by atoms with van der Waals surface area (Å²) >= 11 is 0. The predicted octanol–water partition coefficient (Wildman–Crippen LogP) is 0.725. The van der Waals surface area contributed by atoms with Crippen LogP contribution in [0.4, 0.5) is 4.79 Å². The fourth-order valence-corrected chi connectivity index (χ4v) is 2.04. The molecular weight excluding hydrogens is 168 g/mol. The molecular formula is C9H14N2O2. The van der Waals surface area contributed by atoms with Crippen LogP contribution >= 0.6 is 0 Å². The number of carbonyl (C=O) groups excluding carboxylic acids is 2. The Morgan fingerprint density at radius 3 is 2.31 bits per heavy atom. The van der Waals surface area contributed by atoms with Gasteiger partial charge in [-0.2, -0.15) is 0 Å². The summed E-state index contributed by atoms with van der Waals surface area (Å²) in [5.41, 5.74) is 0. The molecule has 0 bridgehead atoms. The first-order chi connectivity index (χ1) is 6.09. The molecule has 72 valence electrons. The van der Waals surface area contributed by atoms with Crippen molar-refractivity contribution in [2.24, 2.45) is 5.92 Å². The Labute approximate surface area is 77.3 Å². The number of carbonyl (C=O) groups is 2. The zero-order chi connectivity index (χ0) is 9.59. The summed E-state index contributed by atoms with van der Waals surface area (Å²) in [4.78, 5) is 24.2. The van der Waals surface area contributed by atoms with E-state index in [0.717, 1.165) is 12.8 Å². The molecule has 13 heavy (non-hydrogen) atoms. The topological polar surface area (TPSA) is 49.4 Å². The molecule has 1 aliphatic carbocycles. The summed E-state index contributed by atoms with van der Waals surface area (Å²) in [6.07, 6.45) is 1.93. The highest BCUT2D eigenvalue weighted by Crippen LogP contribution is 2.32. The van der Waals surface area contributed by atoms with Crippen molar-refractivity contribution >= 4 is 11.9 Å². The normalized spacial score (nSPS) is 38.9. The SMILES string of the molecule is CC1CC(N2C(=O)N[C@@H](C)C2=O)C1. The summed E-state index contributed by atoms with van der Waals surface area (Å²) in [5.74, 6) is 0.586. The summed E-state index contributed by atoms with van der Waals surface area (Å²) in [6, 6.07) is -0.384. The largest absolute Gasteiger partial charge is 0.326 e. The van der Waals surface area contributed by atoms with Crippen LogP contribution in [-0.4, -0.2) is 28.9 Å². The molecule has 2 rings (SSSR count). The van der Waals surface area contributed by atoms with Gasteiger partial charge in [-0.15, -0.1) is 0 Å². The Morgan fingerprint density at radius 2 is 1.92 bits per heavy atom. The van der Waals surface area contributed by atoms with E-state index < -0.39 is 0 Å². The van der Waals surface area contributed by atoms with Gasteiger partial charge in [0.25, 0.3) is 5.91 Å². The maximum Gasteiger partial charge on any atom is 0.325 e. The summed E-state index contributed by atoms with van der Waals surface area (Å²) in [5, 5.41) is 2.62. The van der Waals surface area contributed by atoms with Crippen LogP contribution < -0.4 is 5.32 Å². The average molecular weight is 182 g/mol. The molecule has 0 unspecified atom stereocenters. The van der Waals surface area contributed by atoms with Gasteiger partial charge in [0, 0.05) is 6.04 Å². The second kappa shape index (κ2) is 2.72. The molecule has 0 aromatic carbocycles. The van der Waals surface area contributed by atoms with E-state index in [9.17, 15) is 9.59 Å². The third-order valence-electron chi connectivity index (χ3n) is 2.88. The van der Waals surface area contributed by atoms with Crippen molar-refractivity contribution in [2.75, 3.05) is 0 Å². The Kier molecular flexibility index (Phi) is 1.78. The van der Waals surface area contributed by atoms with Crippen LogP contribution in [0.2, 0.25) is 0 Å². The maximum atomic E-state index is 11.5. The van der Waals surface area contributed by atoms with Crippen LogP contribution in [0.25, 0.3) is 0 Å². The van der Waals surface area contributed by atoms with Gasteiger partial charge in [-0.1, -0.05) is 6.92 Å². The monoisotopic (exact) mass is 182 g/mol. The van der Waals surface area contributed by atoms with E-state index in [2.05, 4.69) is 12.2 Å². The molecule has 4 nitrogen and oxygen atoms in total. The van der Waals surface area contributed by atoms with Crippen molar-refractivity contribution < 1.29 is 9.59 Å². The van der Waals surface area contributed by atoms with Crippen LogP contribution in [0.5, 0.6) is 0 Å². The smallest absolute Gasteiger partial charge is 0.325 e. The Morgan fingerprint density at radius 1 is 1.31 bits per heavy atom. The minimum absolute atomic E-state index is 0.0677.